The molecule has 2 aromatic rings. The monoisotopic (exact) mass is 243 g/mol. The van der Waals surface area contributed by atoms with Crippen molar-refractivity contribution in [3.05, 3.63) is 36.4 Å². The molecule has 5 heteroatoms. The van der Waals surface area contributed by atoms with E-state index in [0.717, 1.165) is 23.5 Å². The molecular formula is C13H17N5. The number of rotatable bonds is 4. The summed E-state index contributed by atoms with van der Waals surface area (Å²) in [6.45, 7) is 3.01. The first kappa shape index (κ1) is 12.4. The van der Waals surface area contributed by atoms with Crippen LogP contribution in [0.5, 0.6) is 0 Å². The molecule has 94 valence electrons. The summed E-state index contributed by atoms with van der Waals surface area (Å²) < 4.78 is 0. The highest BCUT2D eigenvalue weighted by atomic mass is 14.9. The van der Waals surface area contributed by atoms with Crippen molar-refractivity contribution in [3.63, 3.8) is 0 Å². The fourth-order valence-corrected chi connectivity index (χ4v) is 1.77. The summed E-state index contributed by atoms with van der Waals surface area (Å²) in [7, 11) is 1.93. The van der Waals surface area contributed by atoms with Gasteiger partial charge in [-0.1, -0.05) is 6.92 Å². The van der Waals surface area contributed by atoms with Gasteiger partial charge in [0, 0.05) is 29.9 Å². The first-order chi connectivity index (χ1) is 8.70. The Kier molecular flexibility index (Phi) is 3.84. The average molecular weight is 243 g/mol. The standard InChI is InChI=1S/C13H17N5/c1-9(6-15-2)11-5-12(18-8-17-11)10-3-4-13(14)16-7-10/h3-5,7-9,15H,6H2,1-2H3,(H2,14,16). The molecule has 0 aromatic carbocycles. The first-order valence-electron chi connectivity index (χ1n) is 5.89. The molecule has 2 aromatic heterocycles. The predicted octanol–water partition coefficient (Wildman–Crippen LogP) is 1.44. The third-order valence-corrected chi connectivity index (χ3v) is 2.79. The summed E-state index contributed by atoms with van der Waals surface area (Å²) in [4.78, 5) is 12.6. The quantitative estimate of drug-likeness (QED) is 0.849. The van der Waals surface area contributed by atoms with Gasteiger partial charge in [0.25, 0.3) is 0 Å². The molecule has 3 N–H and O–H groups in total. The van der Waals surface area contributed by atoms with Crippen LogP contribution in [0, 0.1) is 0 Å². The lowest BCUT2D eigenvalue weighted by atomic mass is 10.1. The predicted molar refractivity (Wildman–Crippen MR) is 72.0 cm³/mol. The number of hydrogen-bond donors (Lipinski definition) is 2. The Morgan fingerprint density at radius 1 is 1.28 bits per heavy atom. The molecule has 0 fully saturated rings. The number of nitrogens with two attached hydrogens (primary N) is 1. The number of hydrogen-bond acceptors (Lipinski definition) is 5. The molecule has 2 heterocycles. The van der Waals surface area contributed by atoms with Gasteiger partial charge < -0.3 is 11.1 Å². The summed E-state index contributed by atoms with van der Waals surface area (Å²) in [5.41, 5.74) is 8.41. The van der Waals surface area contributed by atoms with Crippen LogP contribution in [0.25, 0.3) is 11.3 Å². The second-order valence-corrected chi connectivity index (χ2v) is 4.26. The Labute approximate surface area is 106 Å². The minimum absolute atomic E-state index is 0.346. The molecule has 0 aliphatic rings. The molecular weight excluding hydrogens is 226 g/mol. The number of nitrogen functional groups attached to an aromatic ring is 1. The Morgan fingerprint density at radius 3 is 2.78 bits per heavy atom. The highest BCUT2D eigenvalue weighted by molar-refractivity contribution is 5.59. The Morgan fingerprint density at radius 2 is 2.11 bits per heavy atom. The van der Waals surface area contributed by atoms with Crippen LogP contribution in [-0.2, 0) is 0 Å². The van der Waals surface area contributed by atoms with Crippen molar-refractivity contribution in [2.75, 3.05) is 19.3 Å². The molecule has 0 saturated carbocycles. The number of pyridine rings is 1. The van der Waals surface area contributed by atoms with Crippen LogP contribution in [0.4, 0.5) is 5.82 Å². The number of nitrogens with zero attached hydrogens (tertiary/aromatic N) is 3. The number of likely N-dealkylation sites (N-methyl/N-ethyl adjacent to an activating group) is 1. The molecule has 2 rings (SSSR count). The third kappa shape index (κ3) is 2.81. The lowest BCUT2D eigenvalue weighted by molar-refractivity contribution is 0.659. The topological polar surface area (TPSA) is 76.7 Å². The smallest absolute Gasteiger partial charge is 0.123 e. The maximum atomic E-state index is 5.57. The van der Waals surface area contributed by atoms with Crippen LogP contribution in [0.3, 0.4) is 0 Å². The molecule has 5 nitrogen and oxygen atoms in total. The van der Waals surface area contributed by atoms with Gasteiger partial charge in [-0.2, -0.15) is 0 Å². The highest BCUT2D eigenvalue weighted by Crippen LogP contribution is 2.19. The van der Waals surface area contributed by atoms with E-state index < -0.39 is 0 Å². The van der Waals surface area contributed by atoms with Crippen molar-refractivity contribution in [2.24, 2.45) is 0 Å². The van der Waals surface area contributed by atoms with Gasteiger partial charge in [0.15, 0.2) is 0 Å². The van der Waals surface area contributed by atoms with Crippen LogP contribution >= 0.6 is 0 Å². The first-order valence-corrected chi connectivity index (χ1v) is 5.89. The average Bonchev–Trinajstić information content (AvgIpc) is 2.40. The molecule has 0 bridgehead atoms. The van der Waals surface area contributed by atoms with Crippen molar-refractivity contribution < 1.29 is 0 Å². The number of aromatic nitrogens is 3. The Balaban J connectivity index is 2.29. The van der Waals surface area contributed by atoms with Gasteiger partial charge in [0.1, 0.15) is 12.1 Å². The molecule has 0 aliphatic heterocycles. The van der Waals surface area contributed by atoms with Crippen molar-refractivity contribution in [1.82, 2.24) is 20.3 Å². The zero-order valence-electron chi connectivity index (χ0n) is 10.6. The van der Waals surface area contributed by atoms with E-state index in [9.17, 15) is 0 Å². The summed E-state index contributed by atoms with van der Waals surface area (Å²) in [6, 6.07) is 5.68. The van der Waals surface area contributed by atoms with Crippen LogP contribution < -0.4 is 11.1 Å². The minimum Gasteiger partial charge on any atom is -0.384 e. The van der Waals surface area contributed by atoms with Gasteiger partial charge >= 0.3 is 0 Å². The van der Waals surface area contributed by atoms with E-state index in [4.69, 9.17) is 5.73 Å². The van der Waals surface area contributed by atoms with Gasteiger partial charge in [-0.15, -0.1) is 0 Å². The third-order valence-electron chi connectivity index (χ3n) is 2.79. The van der Waals surface area contributed by atoms with Gasteiger partial charge in [-0.05, 0) is 25.2 Å². The second-order valence-electron chi connectivity index (χ2n) is 4.26. The SMILES string of the molecule is CNCC(C)c1cc(-c2ccc(N)nc2)ncn1. The van der Waals surface area contributed by atoms with E-state index in [0.29, 0.717) is 11.7 Å². The fourth-order valence-electron chi connectivity index (χ4n) is 1.77. The van der Waals surface area contributed by atoms with Crippen molar-refractivity contribution in [2.45, 2.75) is 12.8 Å². The second kappa shape index (κ2) is 5.55. The normalized spacial score (nSPS) is 12.3. The van der Waals surface area contributed by atoms with Gasteiger partial charge in [0.2, 0.25) is 0 Å². The molecule has 0 saturated heterocycles. The molecule has 1 unspecified atom stereocenters. The molecule has 0 aliphatic carbocycles. The lowest BCUT2D eigenvalue weighted by Crippen LogP contribution is -2.15. The van der Waals surface area contributed by atoms with E-state index in [1.54, 1.807) is 18.6 Å². The van der Waals surface area contributed by atoms with Crippen molar-refractivity contribution in [1.29, 1.82) is 0 Å². The summed E-state index contributed by atoms with van der Waals surface area (Å²) >= 11 is 0. The fraction of sp³-hybridized carbons (Fsp3) is 0.308. The Bertz CT molecular complexity index is 509. The summed E-state index contributed by atoms with van der Waals surface area (Å²) in [6.07, 6.45) is 3.32. The van der Waals surface area contributed by atoms with Crippen LogP contribution in [0.1, 0.15) is 18.5 Å². The van der Waals surface area contributed by atoms with E-state index in [1.807, 2.05) is 19.2 Å². The van der Waals surface area contributed by atoms with Crippen molar-refractivity contribution in [3.8, 4) is 11.3 Å². The van der Waals surface area contributed by atoms with E-state index in [-0.39, 0.29) is 0 Å². The summed E-state index contributed by atoms with van der Waals surface area (Å²) in [5, 5.41) is 3.14. The Hall–Kier alpha value is -2.01. The molecule has 1 atom stereocenters. The zero-order valence-corrected chi connectivity index (χ0v) is 10.6. The van der Waals surface area contributed by atoms with Crippen LogP contribution in [0.15, 0.2) is 30.7 Å². The number of nitrogens with one attached hydrogen (secondary N) is 1. The van der Waals surface area contributed by atoms with E-state index in [1.165, 1.54) is 0 Å². The maximum Gasteiger partial charge on any atom is 0.123 e. The maximum absolute atomic E-state index is 5.57. The summed E-state index contributed by atoms with van der Waals surface area (Å²) in [5.74, 6) is 0.857. The van der Waals surface area contributed by atoms with Gasteiger partial charge in [-0.3, -0.25) is 0 Å². The molecule has 0 spiro atoms. The van der Waals surface area contributed by atoms with Crippen LogP contribution in [0.2, 0.25) is 0 Å². The van der Waals surface area contributed by atoms with E-state index >= 15 is 0 Å². The van der Waals surface area contributed by atoms with Crippen molar-refractivity contribution >= 4 is 5.82 Å². The highest BCUT2D eigenvalue weighted by Gasteiger charge is 2.08. The largest absolute Gasteiger partial charge is 0.384 e. The number of anilines is 1. The zero-order chi connectivity index (χ0) is 13.0. The lowest BCUT2D eigenvalue weighted by Gasteiger charge is -2.10. The van der Waals surface area contributed by atoms with E-state index in [2.05, 4.69) is 27.2 Å². The van der Waals surface area contributed by atoms with Gasteiger partial charge in [0.05, 0.1) is 5.69 Å². The molecule has 18 heavy (non-hydrogen) atoms. The molecule has 0 radical (unpaired) electrons. The van der Waals surface area contributed by atoms with Crippen LogP contribution in [-0.4, -0.2) is 28.5 Å². The van der Waals surface area contributed by atoms with Gasteiger partial charge in [-0.25, -0.2) is 15.0 Å². The minimum atomic E-state index is 0.346. The molecule has 0 amide bonds.